The Morgan fingerprint density at radius 3 is 1.97 bits per heavy atom. The molecule has 0 saturated heterocycles. The van der Waals surface area contributed by atoms with Gasteiger partial charge in [0.1, 0.15) is 41.1 Å². The zero-order valence-corrected chi connectivity index (χ0v) is 32.8. The Morgan fingerprint density at radius 2 is 1.48 bits per heavy atom. The maximum Gasteiger partial charge on any atom is 0.271 e. The molecule has 314 valence electrons. The zero-order valence-electron chi connectivity index (χ0n) is 32.8. The number of amides is 2. The van der Waals surface area contributed by atoms with Gasteiger partial charge in [0.15, 0.2) is 5.82 Å². The van der Waals surface area contributed by atoms with Crippen LogP contribution in [0.1, 0.15) is 40.3 Å². The number of aliphatic imine (C=N–C) groups is 1. The van der Waals surface area contributed by atoms with E-state index >= 15 is 0 Å². The number of nitro groups is 2. The van der Waals surface area contributed by atoms with E-state index in [9.17, 15) is 39.4 Å². The van der Waals surface area contributed by atoms with E-state index in [0.29, 0.717) is 35.7 Å². The summed E-state index contributed by atoms with van der Waals surface area (Å²) >= 11 is 0. The molecule has 0 spiro atoms. The molecule has 0 radical (unpaired) electrons. The molecule has 0 unspecified atom stereocenters. The predicted octanol–water partition coefficient (Wildman–Crippen LogP) is 5.75. The van der Waals surface area contributed by atoms with Crippen LogP contribution < -0.4 is 31.6 Å². The summed E-state index contributed by atoms with van der Waals surface area (Å²) in [7, 11) is 0. The quantitative estimate of drug-likeness (QED) is 0.0271. The number of carbonyl (C=O) groups is 3. The standard InChI is InChI=1S/C21H17N5O5.C9H10O2.C7H4N2O3.C4H4N4/c1-2-31-15-8-6-12(7-9-15)20-23-18(19(22)28)16-11-17(27)25(21(16)24-20)13-4-3-5-14(10-13)26(29)30;1-2-11-9-5-3-8(7-10)4-6-9;10-5-8-6-2-1-3-7(4-6)9(11)12;1-8-4(7)3(6)2-5/h3-10H,2,11H2,1H3,(H2,22,28);3-7H,2H2,1H3;1-4H;6-7H2/b;;;4-3+. The van der Waals surface area contributed by atoms with Crippen LogP contribution in [-0.4, -0.2) is 57.2 Å². The van der Waals surface area contributed by atoms with Gasteiger partial charge < -0.3 is 31.5 Å². The lowest BCUT2D eigenvalue weighted by Crippen LogP contribution is -2.21. The Balaban J connectivity index is 0.000000269. The minimum absolute atomic E-state index is 0.0600. The number of fused-ring (bicyclic) bond motifs is 1. The summed E-state index contributed by atoms with van der Waals surface area (Å²) in [5, 5.41) is 29.4. The van der Waals surface area contributed by atoms with Gasteiger partial charge in [-0.15, -0.1) is 0 Å². The van der Waals surface area contributed by atoms with Gasteiger partial charge in [-0.25, -0.2) is 14.8 Å². The van der Waals surface area contributed by atoms with Crippen molar-refractivity contribution in [2.75, 3.05) is 18.1 Å². The minimum atomic E-state index is -0.792. The van der Waals surface area contributed by atoms with E-state index in [1.54, 1.807) is 54.6 Å². The van der Waals surface area contributed by atoms with Crippen molar-refractivity contribution in [3.8, 4) is 29.0 Å². The lowest BCUT2D eigenvalue weighted by atomic mass is 10.1. The molecule has 2 amide bonds. The summed E-state index contributed by atoms with van der Waals surface area (Å²) in [4.78, 5) is 81.1. The highest BCUT2D eigenvalue weighted by atomic mass is 16.6. The second kappa shape index (κ2) is 23.2. The SMILES string of the molecule is CCOc1ccc(-c2nc(C(N)=O)c3c(n2)N(c2cccc([N+](=O)[O-])c2)C(=O)C3)cc1.CCOc1ccc(C=O)cc1.O=C=Nc1cccc([N+](=O)[O-])c1.[C-]#[N+]/C(N)=C(/N)C#N. The number of hydrogen-bond donors (Lipinski definition) is 3. The smallest absolute Gasteiger partial charge is 0.271 e. The molecule has 62 heavy (non-hydrogen) atoms. The molecule has 0 saturated carbocycles. The van der Waals surface area contributed by atoms with Crippen molar-refractivity contribution < 1.29 is 38.5 Å². The number of non-ortho nitro benzene ring substituents is 2. The number of ether oxygens (including phenoxy) is 2. The number of nitro benzene ring substituents is 2. The van der Waals surface area contributed by atoms with Crippen molar-refractivity contribution in [2.45, 2.75) is 20.3 Å². The number of primary amides is 1. The van der Waals surface area contributed by atoms with Gasteiger partial charge in [-0.05, 0) is 74.5 Å². The van der Waals surface area contributed by atoms with E-state index < -0.39 is 21.7 Å². The second-order valence-corrected chi connectivity index (χ2v) is 11.8. The van der Waals surface area contributed by atoms with E-state index in [4.69, 9.17) is 38.5 Å². The van der Waals surface area contributed by atoms with Crippen LogP contribution in [0.15, 0.2) is 114 Å². The van der Waals surface area contributed by atoms with E-state index in [1.807, 2.05) is 13.8 Å². The summed E-state index contributed by atoms with van der Waals surface area (Å²) in [5.41, 5.74) is 16.8. The van der Waals surface area contributed by atoms with Crippen LogP contribution in [0.5, 0.6) is 11.5 Å². The molecule has 6 N–H and O–H groups in total. The molecule has 5 aromatic rings. The fourth-order valence-corrected chi connectivity index (χ4v) is 5.04. The van der Waals surface area contributed by atoms with Crippen molar-refractivity contribution in [2.24, 2.45) is 22.2 Å². The number of benzene rings is 4. The molecule has 0 atom stereocenters. The Hall–Kier alpha value is -9.33. The molecule has 0 fully saturated rings. The van der Waals surface area contributed by atoms with Gasteiger partial charge in [0.2, 0.25) is 12.0 Å². The monoisotopic (exact) mass is 841 g/mol. The minimum Gasteiger partial charge on any atom is -0.494 e. The zero-order chi connectivity index (χ0) is 45.8. The van der Waals surface area contributed by atoms with Gasteiger partial charge in [0.25, 0.3) is 23.1 Å². The number of nitrogens with two attached hydrogens (primary N) is 3. The molecular formula is C41H35N11O10. The molecule has 6 rings (SSSR count). The van der Waals surface area contributed by atoms with Crippen molar-refractivity contribution >= 4 is 52.7 Å². The maximum atomic E-state index is 12.8. The first-order valence-corrected chi connectivity index (χ1v) is 17.8. The number of nitrogens with zero attached hydrogens (tertiary/aromatic N) is 8. The molecule has 0 bridgehead atoms. The van der Waals surface area contributed by atoms with E-state index in [-0.39, 0.29) is 58.0 Å². The number of nitriles is 1. The third-order valence-corrected chi connectivity index (χ3v) is 7.79. The summed E-state index contributed by atoms with van der Waals surface area (Å²) < 4.78 is 10.6. The van der Waals surface area contributed by atoms with Crippen LogP contribution in [0.2, 0.25) is 0 Å². The van der Waals surface area contributed by atoms with Gasteiger partial charge in [-0.2, -0.15) is 10.3 Å². The largest absolute Gasteiger partial charge is 0.494 e. The number of anilines is 2. The van der Waals surface area contributed by atoms with Crippen LogP contribution in [0.3, 0.4) is 0 Å². The fourth-order valence-electron chi connectivity index (χ4n) is 5.04. The molecule has 2 heterocycles. The van der Waals surface area contributed by atoms with Crippen LogP contribution in [0.4, 0.5) is 28.6 Å². The summed E-state index contributed by atoms with van der Waals surface area (Å²) in [6, 6.07) is 26.6. The lowest BCUT2D eigenvalue weighted by molar-refractivity contribution is -0.385. The first-order valence-electron chi connectivity index (χ1n) is 17.8. The number of rotatable bonds is 11. The average Bonchev–Trinajstić information content (AvgIpc) is 3.62. The highest BCUT2D eigenvalue weighted by molar-refractivity contribution is 6.09. The number of carbonyl (C=O) groups excluding carboxylic acids is 4. The fraction of sp³-hybridized carbons (Fsp3) is 0.122. The Labute approximate surface area is 352 Å². The van der Waals surface area contributed by atoms with Crippen LogP contribution >= 0.6 is 0 Å². The highest BCUT2D eigenvalue weighted by Crippen LogP contribution is 2.38. The predicted molar refractivity (Wildman–Crippen MR) is 223 cm³/mol. The first kappa shape index (κ1) is 47.0. The molecule has 1 aliphatic rings. The molecule has 4 aromatic carbocycles. The van der Waals surface area contributed by atoms with E-state index in [2.05, 4.69) is 19.8 Å². The Kier molecular flexibility index (Phi) is 17.6. The topological polar surface area (TPSA) is 321 Å². The van der Waals surface area contributed by atoms with Gasteiger partial charge in [0, 0.05) is 41.0 Å². The number of allylic oxidation sites excluding steroid dienone is 1. The molecule has 0 aliphatic carbocycles. The van der Waals surface area contributed by atoms with Gasteiger partial charge >= 0.3 is 0 Å². The van der Waals surface area contributed by atoms with Crippen molar-refractivity contribution in [1.82, 2.24) is 9.97 Å². The molecule has 21 heteroatoms. The van der Waals surface area contributed by atoms with E-state index in [1.165, 1.54) is 59.5 Å². The highest BCUT2D eigenvalue weighted by Gasteiger charge is 2.35. The van der Waals surface area contributed by atoms with Crippen molar-refractivity contribution in [3.05, 3.63) is 157 Å². The van der Waals surface area contributed by atoms with Crippen LogP contribution in [-0.2, 0) is 16.0 Å². The second-order valence-electron chi connectivity index (χ2n) is 11.8. The summed E-state index contributed by atoms with van der Waals surface area (Å²) in [5.74, 6) is 0.413. The first-order chi connectivity index (χ1) is 29.7. The summed E-state index contributed by atoms with van der Waals surface area (Å²) in [6.07, 6.45) is 1.98. The van der Waals surface area contributed by atoms with Crippen LogP contribution in [0.25, 0.3) is 16.2 Å². The normalized spacial score (nSPS) is 11.0. The maximum absolute atomic E-state index is 12.8. The average molecular weight is 842 g/mol. The molecule has 1 aliphatic heterocycles. The number of isocyanates is 1. The molecule has 21 nitrogen and oxygen atoms in total. The van der Waals surface area contributed by atoms with Gasteiger partial charge in [-0.3, -0.25) is 39.5 Å². The number of aromatic nitrogens is 2. The van der Waals surface area contributed by atoms with Gasteiger partial charge in [0.05, 0.1) is 40.9 Å². The third kappa shape index (κ3) is 13.1. The number of aldehydes is 1. The Morgan fingerprint density at radius 1 is 0.919 bits per heavy atom. The van der Waals surface area contributed by atoms with Crippen molar-refractivity contribution in [3.63, 3.8) is 0 Å². The Bertz CT molecular complexity index is 2580. The summed E-state index contributed by atoms with van der Waals surface area (Å²) in [6.45, 7) is 11.2. The molecular weight excluding hydrogens is 807 g/mol. The lowest BCUT2D eigenvalue weighted by Gasteiger charge is -2.17. The van der Waals surface area contributed by atoms with Gasteiger partial charge in [-0.1, -0.05) is 18.7 Å². The van der Waals surface area contributed by atoms with E-state index in [0.717, 1.165) is 12.0 Å². The third-order valence-electron chi connectivity index (χ3n) is 7.79. The molecule has 1 aromatic heterocycles. The van der Waals surface area contributed by atoms with Crippen molar-refractivity contribution in [1.29, 1.82) is 5.26 Å². The van der Waals surface area contributed by atoms with Crippen LogP contribution in [0, 0.1) is 38.1 Å². The number of hydrogen-bond acceptors (Lipinski definition) is 16.